The van der Waals surface area contributed by atoms with Crippen molar-refractivity contribution in [2.75, 3.05) is 7.11 Å². The Morgan fingerprint density at radius 1 is 1.03 bits per heavy atom. The Balaban J connectivity index is 1.67. The van der Waals surface area contributed by atoms with Crippen LogP contribution in [0, 0.1) is 13.8 Å². The molecule has 6 heteroatoms. The van der Waals surface area contributed by atoms with Crippen LogP contribution >= 0.6 is 0 Å². The third-order valence-corrected chi connectivity index (χ3v) is 6.56. The molecule has 1 unspecified atom stereocenters. The van der Waals surface area contributed by atoms with E-state index in [0.717, 1.165) is 46.6 Å². The first-order chi connectivity index (χ1) is 14.6. The standard InChI is InChI=1S/C24H25N3O2S/c1-17-15-25-21(18(2)23(17)29-3)16-30(28)24-26-20-11-7-8-12-22(20)27(24)14-13-19-9-5-4-6-10-19/h4-12,15H,13-14,16H2,1-3H3. The summed E-state index contributed by atoms with van der Waals surface area (Å²) in [7, 11) is 0.322. The summed E-state index contributed by atoms with van der Waals surface area (Å²) in [6, 6.07) is 18.3. The molecule has 0 radical (unpaired) electrons. The third kappa shape index (κ3) is 4.00. The number of imidazole rings is 1. The molecular formula is C24H25N3O2S. The van der Waals surface area contributed by atoms with E-state index in [1.807, 2.05) is 56.3 Å². The molecule has 4 aromatic rings. The van der Waals surface area contributed by atoms with E-state index in [2.05, 4.69) is 21.7 Å². The summed E-state index contributed by atoms with van der Waals surface area (Å²) in [5, 5.41) is 0.591. The minimum absolute atomic E-state index is 0.303. The van der Waals surface area contributed by atoms with Crippen molar-refractivity contribution in [2.45, 2.75) is 37.7 Å². The van der Waals surface area contributed by atoms with Crippen LogP contribution in [-0.2, 0) is 29.5 Å². The smallest absolute Gasteiger partial charge is 0.200 e. The Labute approximate surface area is 179 Å². The van der Waals surface area contributed by atoms with Gasteiger partial charge in [0.2, 0.25) is 0 Å². The average molecular weight is 420 g/mol. The van der Waals surface area contributed by atoms with Crippen LogP contribution in [0.25, 0.3) is 11.0 Å². The summed E-state index contributed by atoms with van der Waals surface area (Å²) >= 11 is 0. The van der Waals surface area contributed by atoms with Gasteiger partial charge in [0.15, 0.2) is 5.16 Å². The number of ether oxygens (including phenoxy) is 1. The molecule has 0 saturated heterocycles. The SMILES string of the molecule is COc1c(C)cnc(CS(=O)c2nc3ccccc3n2CCc2ccccc2)c1C. The molecule has 0 aliphatic heterocycles. The first kappa shape index (κ1) is 20.3. The predicted octanol–water partition coefficient (Wildman–Crippen LogP) is 4.61. The van der Waals surface area contributed by atoms with Crippen molar-refractivity contribution >= 4 is 21.8 Å². The summed E-state index contributed by atoms with van der Waals surface area (Å²) in [5.74, 6) is 1.10. The molecule has 0 saturated carbocycles. The first-order valence-corrected chi connectivity index (χ1v) is 11.3. The van der Waals surface area contributed by atoms with E-state index in [1.165, 1.54) is 5.56 Å². The van der Waals surface area contributed by atoms with Crippen LogP contribution in [0.3, 0.4) is 0 Å². The Kier molecular flexibility index (Phi) is 5.95. The lowest BCUT2D eigenvalue weighted by atomic mass is 10.1. The minimum Gasteiger partial charge on any atom is -0.496 e. The van der Waals surface area contributed by atoms with Gasteiger partial charge in [0.05, 0.1) is 40.4 Å². The summed E-state index contributed by atoms with van der Waals surface area (Å²) in [4.78, 5) is 9.23. The van der Waals surface area contributed by atoms with Crippen molar-refractivity contribution in [1.82, 2.24) is 14.5 Å². The summed E-state index contributed by atoms with van der Waals surface area (Å²) in [6.07, 6.45) is 2.62. The zero-order valence-electron chi connectivity index (χ0n) is 17.5. The molecule has 154 valence electrons. The zero-order valence-corrected chi connectivity index (χ0v) is 18.3. The Morgan fingerprint density at radius 2 is 1.77 bits per heavy atom. The van der Waals surface area contributed by atoms with Crippen molar-refractivity contribution < 1.29 is 8.95 Å². The molecule has 2 aromatic carbocycles. The highest BCUT2D eigenvalue weighted by molar-refractivity contribution is 7.84. The zero-order chi connectivity index (χ0) is 21.1. The Morgan fingerprint density at radius 3 is 2.53 bits per heavy atom. The number of benzene rings is 2. The minimum atomic E-state index is -1.33. The van der Waals surface area contributed by atoms with E-state index in [1.54, 1.807) is 13.3 Å². The number of methoxy groups -OCH3 is 1. The lowest BCUT2D eigenvalue weighted by molar-refractivity contribution is 0.407. The van der Waals surface area contributed by atoms with Gasteiger partial charge in [0.1, 0.15) is 5.75 Å². The van der Waals surface area contributed by atoms with Crippen LogP contribution in [0.4, 0.5) is 0 Å². The van der Waals surface area contributed by atoms with Gasteiger partial charge in [-0.05, 0) is 38.0 Å². The van der Waals surface area contributed by atoms with E-state index in [-0.39, 0.29) is 0 Å². The molecule has 30 heavy (non-hydrogen) atoms. The first-order valence-electron chi connectivity index (χ1n) is 9.95. The van der Waals surface area contributed by atoms with Gasteiger partial charge < -0.3 is 9.30 Å². The molecular weight excluding hydrogens is 394 g/mol. The maximum atomic E-state index is 13.4. The fraction of sp³-hybridized carbons (Fsp3) is 0.250. The predicted molar refractivity (Wildman–Crippen MR) is 120 cm³/mol. The maximum absolute atomic E-state index is 13.4. The number of nitrogens with zero attached hydrogens (tertiary/aromatic N) is 3. The van der Waals surface area contributed by atoms with Gasteiger partial charge in [-0.2, -0.15) is 0 Å². The second-order valence-electron chi connectivity index (χ2n) is 7.31. The Bertz CT molecular complexity index is 1200. The van der Waals surface area contributed by atoms with E-state index in [4.69, 9.17) is 9.72 Å². The molecule has 0 N–H and O–H groups in total. The normalized spacial score (nSPS) is 12.2. The molecule has 2 aromatic heterocycles. The van der Waals surface area contributed by atoms with E-state index < -0.39 is 10.8 Å². The van der Waals surface area contributed by atoms with Gasteiger partial charge in [-0.25, -0.2) is 4.98 Å². The van der Waals surface area contributed by atoms with Crippen molar-refractivity contribution in [3.63, 3.8) is 0 Å². The fourth-order valence-corrected chi connectivity index (χ4v) is 5.04. The van der Waals surface area contributed by atoms with Crippen LogP contribution in [0.15, 0.2) is 66.0 Å². The van der Waals surface area contributed by atoms with Crippen molar-refractivity contribution in [1.29, 1.82) is 0 Å². The number of rotatable bonds is 7. The molecule has 5 nitrogen and oxygen atoms in total. The number of pyridine rings is 1. The monoisotopic (exact) mass is 419 g/mol. The maximum Gasteiger partial charge on any atom is 0.200 e. The fourth-order valence-electron chi connectivity index (χ4n) is 3.73. The second-order valence-corrected chi connectivity index (χ2v) is 8.65. The highest BCUT2D eigenvalue weighted by Gasteiger charge is 2.19. The van der Waals surface area contributed by atoms with Crippen LogP contribution in [0.1, 0.15) is 22.4 Å². The van der Waals surface area contributed by atoms with Gasteiger partial charge >= 0.3 is 0 Å². The lowest BCUT2D eigenvalue weighted by Crippen LogP contribution is -2.11. The van der Waals surface area contributed by atoms with Gasteiger partial charge in [0.25, 0.3) is 0 Å². The van der Waals surface area contributed by atoms with Crippen molar-refractivity contribution in [2.24, 2.45) is 0 Å². The quantitative estimate of drug-likeness (QED) is 0.439. The number of fused-ring (bicyclic) bond motifs is 1. The molecule has 0 fully saturated rings. The van der Waals surface area contributed by atoms with Crippen LogP contribution in [0.2, 0.25) is 0 Å². The largest absolute Gasteiger partial charge is 0.496 e. The van der Waals surface area contributed by atoms with E-state index in [9.17, 15) is 4.21 Å². The topological polar surface area (TPSA) is 57.0 Å². The highest BCUT2D eigenvalue weighted by atomic mass is 32.2. The number of aryl methyl sites for hydroxylation is 3. The molecule has 0 bridgehead atoms. The second kappa shape index (κ2) is 8.79. The molecule has 0 aliphatic carbocycles. The highest BCUT2D eigenvalue weighted by Crippen LogP contribution is 2.26. The molecule has 0 aliphatic rings. The number of hydrogen-bond donors (Lipinski definition) is 0. The van der Waals surface area contributed by atoms with Gasteiger partial charge in [-0.15, -0.1) is 0 Å². The van der Waals surface area contributed by atoms with Crippen LogP contribution in [-0.4, -0.2) is 25.9 Å². The van der Waals surface area contributed by atoms with E-state index in [0.29, 0.717) is 10.9 Å². The number of hydrogen-bond acceptors (Lipinski definition) is 4. The lowest BCUT2D eigenvalue weighted by Gasteiger charge is -2.13. The van der Waals surface area contributed by atoms with Gasteiger partial charge in [0, 0.05) is 23.9 Å². The molecule has 0 spiro atoms. The third-order valence-electron chi connectivity index (χ3n) is 5.31. The Hall–Kier alpha value is -2.99. The molecule has 0 amide bonds. The molecule has 1 atom stereocenters. The van der Waals surface area contributed by atoms with Crippen molar-refractivity contribution in [3.8, 4) is 5.75 Å². The molecule has 4 rings (SSSR count). The van der Waals surface area contributed by atoms with Crippen LogP contribution < -0.4 is 4.74 Å². The average Bonchev–Trinajstić information content (AvgIpc) is 3.14. The van der Waals surface area contributed by atoms with Crippen molar-refractivity contribution in [3.05, 3.63) is 83.2 Å². The van der Waals surface area contributed by atoms with Gasteiger partial charge in [-0.3, -0.25) is 9.19 Å². The molecule has 2 heterocycles. The number of para-hydroxylation sites is 2. The summed E-state index contributed by atoms with van der Waals surface area (Å²) < 4.78 is 21.0. The summed E-state index contributed by atoms with van der Waals surface area (Å²) in [5.41, 5.74) is 5.78. The van der Waals surface area contributed by atoms with Gasteiger partial charge in [-0.1, -0.05) is 42.5 Å². The van der Waals surface area contributed by atoms with Crippen LogP contribution in [0.5, 0.6) is 5.75 Å². The van der Waals surface area contributed by atoms with E-state index >= 15 is 0 Å². The number of aromatic nitrogens is 3. The summed E-state index contributed by atoms with van der Waals surface area (Å²) in [6.45, 7) is 4.64.